The fraction of sp³-hybridized carbons (Fsp3) is 0.423. The Balaban J connectivity index is 1.36. The summed E-state index contributed by atoms with van der Waals surface area (Å²) in [6.07, 6.45) is 14.2. The summed E-state index contributed by atoms with van der Waals surface area (Å²) in [5, 5.41) is 25.9. The van der Waals surface area contributed by atoms with E-state index < -0.39 is 0 Å². The maximum Gasteiger partial charge on any atom is 0.230 e. The zero-order valence-corrected chi connectivity index (χ0v) is 20.4. The normalized spacial score (nSPS) is 20.9. The minimum Gasteiger partial charge on any atom is -0.315 e. The maximum absolute atomic E-state index is 13.3. The van der Waals surface area contributed by atoms with Crippen LogP contribution in [0.15, 0.2) is 59.6 Å². The molecule has 0 aromatic carbocycles. The number of hydrogen-bond acceptors (Lipinski definition) is 7. The molecule has 35 heavy (non-hydrogen) atoms. The van der Waals surface area contributed by atoms with E-state index in [1.165, 1.54) is 5.57 Å². The van der Waals surface area contributed by atoms with Gasteiger partial charge >= 0.3 is 0 Å². The Labute approximate surface area is 206 Å². The summed E-state index contributed by atoms with van der Waals surface area (Å²) in [6.45, 7) is 4.14. The topological polar surface area (TPSA) is 111 Å². The molecule has 3 unspecified atom stereocenters. The van der Waals surface area contributed by atoms with Gasteiger partial charge in [-0.3, -0.25) is 14.5 Å². The number of carbonyl (C=O) groups excluding carboxylic acids is 1. The Morgan fingerprint density at radius 1 is 1.26 bits per heavy atom. The highest BCUT2D eigenvalue weighted by Crippen LogP contribution is 2.23. The van der Waals surface area contributed by atoms with Crippen molar-refractivity contribution in [2.45, 2.75) is 13.3 Å². The second-order valence-electron chi connectivity index (χ2n) is 9.29. The van der Waals surface area contributed by atoms with E-state index in [2.05, 4.69) is 44.9 Å². The van der Waals surface area contributed by atoms with E-state index in [0.29, 0.717) is 18.9 Å². The molecule has 9 heteroatoms. The van der Waals surface area contributed by atoms with Crippen molar-refractivity contribution in [1.29, 1.82) is 5.26 Å². The van der Waals surface area contributed by atoms with Gasteiger partial charge in [0.05, 0.1) is 24.1 Å². The average Bonchev–Trinajstić information content (AvgIpc) is 3.50. The quantitative estimate of drug-likeness (QED) is 0.581. The highest BCUT2D eigenvalue weighted by Gasteiger charge is 2.31. The standard InChI is InChI=1S/C26H32N8O/c1-18(20-6-4-19(10-27)5-7-20)11-28-15-24(23-14-31-34(3)17-23)26(35)32-25-9-8-21(12-29-25)22-13-30-33(2)16-22/h4,6-9,12-14,16,18-19,23-24,28H,5,11,15,17H2,1-3H3,(H,29,32,35)/t18-,19?,23?,24?/m1/s1. The summed E-state index contributed by atoms with van der Waals surface area (Å²) in [6, 6.07) is 6.03. The number of nitrogens with zero attached hydrogens (tertiary/aromatic N) is 6. The first-order valence-corrected chi connectivity index (χ1v) is 11.9. The number of allylic oxidation sites excluding steroid dienone is 3. The number of aromatic nitrogens is 3. The van der Waals surface area contributed by atoms with Crippen LogP contribution in [0.4, 0.5) is 5.82 Å². The van der Waals surface area contributed by atoms with Crippen molar-refractivity contribution in [1.82, 2.24) is 25.1 Å². The van der Waals surface area contributed by atoms with Gasteiger partial charge in [0.2, 0.25) is 5.91 Å². The zero-order valence-electron chi connectivity index (χ0n) is 20.4. The van der Waals surface area contributed by atoms with Crippen molar-refractivity contribution in [3.63, 3.8) is 0 Å². The van der Waals surface area contributed by atoms with Crippen molar-refractivity contribution < 1.29 is 4.79 Å². The molecule has 0 spiro atoms. The lowest BCUT2D eigenvalue weighted by Crippen LogP contribution is -2.40. The van der Waals surface area contributed by atoms with Crippen LogP contribution in [0, 0.1) is 35.0 Å². The number of rotatable bonds is 9. The van der Waals surface area contributed by atoms with Crippen LogP contribution in [-0.2, 0) is 11.8 Å². The lowest BCUT2D eigenvalue weighted by Gasteiger charge is -2.24. The van der Waals surface area contributed by atoms with Crippen molar-refractivity contribution in [2.75, 3.05) is 32.0 Å². The van der Waals surface area contributed by atoms with Crippen molar-refractivity contribution in [2.24, 2.45) is 35.8 Å². The van der Waals surface area contributed by atoms with E-state index in [9.17, 15) is 4.79 Å². The number of amides is 1. The molecule has 2 aromatic heterocycles. The van der Waals surface area contributed by atoms with Gasteiger partial charge in [-0.25, -0.2) is 4.98 Å². The monoisotopic (exact) mass is 472 g/mol. The first-order chi connectivity index (χ1) is 16.9. The third kappa shape index (κ3) is 6.22. The summed E-state index contributed by atoms with van der Waals surface area (Å²) in [5.41, 5.74) is 3.15. The van der Waals surface area contributed by atoms with Gasteiger partial charge < -0.3 is 10.6 Å². The van der Waals surface area contributed by atoms with Gasteiger partial charge in [-0.05, 0) is 30.0 Å². The van der Waals surface area contributed by atoms with Crippen LogP contribution in [0.25, 0.3) is 11.1 Å². The molecule has 0 saturated carbocycles. The van der Waals surface area contributed by atoms with E-state index >= 15 is 0 Å². The summed E-state index contributed by atoms with van der Waals surface area (Å²) in [4.78, 5) is 17.7. The summed E-state index contributed by atoms with van der Waals surface area (Å²) in [5.74, 6) is 0.437. The summed E-state index contributed by atoms with van der Waals surface area (Å²) >= 11 is 0. The number of nitriles is 1. The fourth-order valence-electron chi connectivity index (χ4n) is 4.37. The van der Waals surface area contributed by atoms with Crippen molar-refractivity contribution in [3.8, 4) is 17.2 Å². The Bertz CT molecular complexity index is 1160. The minimum atomic E-state index is -0.283. The molecule has 0 radical (unpaired) electrons. The molecule has 2 aliphatic rings. The van der Waals surface area contributed by atoms with E-state index in [1.807, 2.05) is 55.8 Å². The predicted molar refractivity (Wildman–Crippen MR) is 136 cm³/mol. The molecule has 0 bridgehead atoms. The Morgan fingerprint density at radius 3 is 2.71 bits per heavy atom. The molecule has 0 saturated heterocycles. The molecule has 0 fully saturated rings. The predicted octanol–water partition coefficient (Wildman–Crippen LogP) is 2.84. The van der Waals surface area contributed by atoms with E-state index in [-0.39, 0.29) is 29.6 Å². The van der Waals surface area contributed by atoms with Gasteiger partial charge in [0.1, 0.15) is 5.82 Å². The number of anilines is 1. The molecule has 1 aliphatic heterocycles. The molecule has 3 heterocycles. The molecule has 4 rings (SSSR count). The van der Waals surface area contributed by atoms with Gasteiger partial charge in [-0.15, -0.1) is 0 Å². The number of hydrazone groups is 1. The molecule has 1 amide bonds. The smallest absolute Gasteiger partial charge is 0.230 e. The van der Waals surface area contributed by atoms with Crippen LogP contribution < -0.4 is 10.6 Å². The summed E-state index contributed by atoms with van der Waals surface area (Å²) < 4.78 is 1.74. The van der Waals surface area contributed by atoms with Gasteiger partial charge in [0.25, 0.3) is 0 Å². The van der Waals surface area contributed by atoms with Crippen LogP contribution in [0.3, 0.4) is 0 Å². The second kappa shape index (κ2) is 11.1. The molecule has 182 valence electrons. The lowest BCUT2D eigenvalue weighted by atomic mass is 9.90. The molecule has 1 aliphatic carbocycles. The number of aryl methyl sites for hydroxylation is 1. The molecule has 4 atom stereocenters. The SMILES string of the molecule is C[C@H](CNCC(C(=O)Nc1ccc(-c2cnn(C)c2)cn1)C1C=NN(C)C1)C1=CCC(C#N)C=C1. The van der Waals surface area contributed by atoms with E-state index in [1.54, 1.807) is 17.1 Å². The van der Waals surface area contributed by atoms with Gasteiger partial charge in [-0.1, -0.05) is 25.2 Å². The second-order valence-corrected chi connectivity index (χ2v) is 9.29. The first kappa shape index (κ1) is 24.4. The third-order valence-electron chi connectivity index (χ3n) is 6.51. The Morgan fingerprint density at radius 2 is 2.11 bits per heavy atom. The molecule has 2 N–H and O–H groups in total. The van der Waals surface area contributed by atoms with E-state index in [4.69, 9.17) is 5.26 Å². The van der Waals surface area contributed by atoms with E-state index in [0.717, 1.165) is 24.1 Å². The fourth-order valence-corrected chi connectivity index (χ4v) is 4.37. The lowest BCUT2D eigenvalue weighted by molar-refractivity contribution is -0.120. The summed E-state index contributed by atoms with van der Waals surface area (Å²) in [7, 11) is 3.78. The maximum atomic E-state index is 13.3. The average molecular weight is 473 g/mol. The Hall–Kier alpha value is -3.77. The van der Waals surface area contributed by atoms with Gasteiger partial charge in [-0.2, -0.15) is 15.5 Å². The largest absolute Gasteiger partial charge is 0.315 e. The van der Waals surface area contributed by atoms with Gasteiger partial charge in [0, 0.05) is 69.4 Å². The van der Waals surface area contributed by atoms with Crippen LogP contribution in [0.5, 0.6) is 0 Å². The third-order valence-corrected chi connectivity index (χ3v) is 6.51. The van der Waals surface area contributed by atoms with Crippen LogP contribution in [-0.4, -0.2) is 58.6 Å². The number of pyridine rings is 1. The number of hydrogen-bond donors (Lipinski definition) is 2. The Kier molecular flexibility index (Phi) is 7.73. The highest BCUT2D eigenvalue weighted by atomic mass is 16.2. The molecule has 9 nitrogen and oxygen atoms in total. The molecule has 2 aromatic rings. The zero-order chi connectivity index (χ0) is 24.8. The number of nitrogens with one attached hydrogen (secondary N) is 2. The minimum absolute atomic E-state index is 0.0163. The van der Waals surface area contributed by atoms with Crippen molar-refractivity contribution in [3.05, 3.63) is 54.5 Å². The first-order valence-electron chi connectivity index (χ1n) is 11.9. The molecular formula is C26H32N8O. The van der Waals surface area contributed by atoms with Crippen LogP contribution >= 0.6 is 0 Å². The molecular weight excluding hydrogens is 440 g/mol. The van der Waals surface area contributed by atoms with Gasteiger partial charge in [0.15, 0.2) is 0 Å². The van der Waals surface area contributed by atoms with Crippen molar-refractivity contribution >= 4 is 17.9 Å². The number of carbonyl (C=O) groups is 1. The highest BCUT2D eigenvalue weighted by molar-refractivity contribution is 5.94. The van der Waals surface area contributed by atoms with Crippen LogP contribution in [0.2, 0.25) is 0 Å². The van der Waals surface area contributed by atoms with Crippen LogP contribution in [0.1, 0.15) is 13.3 Å².